The molecule has 1 aromatic carbocycles. The Kier molecular flexibility index (Phi) is 12.0. The van der Waals surface area contributed by atoms with Crippen molar-refractivity contribution in [1.82, 2.24) is 9.78 Å². The van der Waals surface area contributed by atoms with Gasteiger partial charge in [-0.25, -0.2) is 19.1 Å². The SMILES string of the molecule is CCOC(=O)c1cc(N)n(-c2ccccc2)n1.[C-]#[N+]/C=C(\[O-])C(=O)OCC.[Na+]. The normalized spacial score (nSPS) is 9.82. The number of aromatic nitrogens is 2. The molecule has 0 aliphatic heterocycles. The molecule has 28 heavy (non-hydrogen) atoms. The van der Waals surface area contributed by atoms with E-state index in [-0.39, 0.29) is 41.9 Å². The molecule has 0 radical (unpaired) electrons. The molecule has 0 bridgehead atoms. The largest absolute Gasteiger partial charge is 1.00 e. The van der Waals surface area contributed by atoms with E-state index < -0.39 is 17.7 Å². The smallest absolute Gasteiger partial charge is 0.877 e. The standard InChI is InChI=1S/C12H13N3O2.C6H7NO3.Na/c1-2-17-12(16)10-8-11(13)15(14-10)9-6-4-3-5-7-9;1-3-10-6(9)5(8)4-7-2;/h3-8H,2,13H2,1H3;4,8H,3H2,1H3;/q;;+1/p-1/b;5-4-;. The van der Waals surface area contributed by atoms with E-state index in [0.717, 1.165) is 5.69 Å². The second-order valence-electron chi connectivity index (χ2n) is 4.77. The quantitative estimate of drug-likeness (QED) is 0.211. The molecule has 2 rings (SSSR count). The van der Waals surface area contributed by atoms with E-state index in [1.165, 1.54) is 10.7 Å². The Labute approximate surface area is 184 Å². The van der Waals surface area contributed by atoms with Crippen LogP contribution >= 0.6 is 0 Å². The molecule has 2 aromatic rings. The number of nitrogen functional groups attached to an aromatic ring is 1. The van der Waals surface area contributed by atoms with Crippen LogP contribution in [-0.4, -0.2) is 34.9 Å². The number of carbonyl (C=O) groups is 2. The van der Waals surface area contributed by atoms with Gasteiger partial charge in [0.05, 0.1) is 25.5 Å². The number of anilines is 1. The summed E-state index contributed by atoms with van der Waals surface area (Å²) in [6, 6.07) is 10.9. The first-order valence-electron chi connectivity index (χ1n) is 7.93. The Balaban J connectivity index is 0.000000577. The second kappa shape index (κ2) is 13.4. The molecule has 0 spiro atoms. The maximum absolute atomic E-state index is 11.5. The van der Waals surface area contributed by atoms with Crippen LogP contribution in [0.25, 0.3) is 10.5 Å². The molecule has 1 heterocycles. The Bertz CT molecular complexity index is 843. The molecule has 0 saturated heterocycles. The van der Waals surface area contributed by atoms with Crippen LogP contribution in [0.15, 0.2) is 48.4 Å². The van der Waals surface area contributed by atoms with Crippen LogP contribution in [0.3, 0.4) is 0 Å². The first-order chi connectivity index (χ1) is 12.9. The zero-order valence-corrected chi connectivity index (χ0v) is 17.9. The molecule has 0 aliphatic carbocycles. The van der Waals surface area contributed by atoms with Crippen molar-refractivity contribution in [2.24, 2.45) is 0 Å². The third-order valence-corrected chi connectivity index (χ3v) is 2.88. The fourth-order valence-electron chi connectivity index (χ4n) is 1.79. The van der Waals surface area contributed by atoms with Gasteiger partial charge in [-0.05, 0) is 31.7 Å². The van der Waals surface area contributed by atoms with Crippen LogP contribution in [0.2, 0.25) is 0 Å². The van der Waals surface area contributed by atoms with Crippen molar-refractivity contribution in [2.45, 2.75) is 13.8 Å². The molecular formula is C18H19N4NaO5. The number of nitrogens with zero attached hydrogens (tertiary/aromatic N) is 3. The third-order valence-electron chi connectivity index (χ3n) is 2.88. The number of ether oxygens (including phenoxy) is 2. The Hall–Kier alpha value is -2.80. The Morgan fingerprint density at radius 3 is 2.39 bits per heavy atom. The number of hydrogen-bond donors (Lipinski definition) is 1. The molecule has 142 valence electrons. The molecule has 0 fully saturated rings. The monoisotopic (exact) mass is 394 g/mol. The predicted molar refractivity (Wildman–Crippen MR) is 95.3 cm³/mol. The summed E-state index contributed by atoms with van der Waals surface area (Å²) in [4.78, 5) is 24.5. The topological polar surface area (TPSA) is 124 Å². The molecule has 2 N–H and O–H groups in total. The molecule has 0 amide bonds. The first kappa shape index (κ1) is 25.2. The molecule has 0 atom stereocenters. The molecule has 0 aliphatic rings. The number of hydrogen-bond acceptors (Lipinski definition) is 7. The molecule has 1 aromatic heterocycles. The van der Waals surface area contributed by atoms with Gasteiger partial charge in [-0.2, -0.15) is 5.10 Å². The maximum atomic E-state index is 11.5. The minimum atomic E-state index is -0.974. The average molecular weight is 394 g/mol. The van der Waals surface area contributed by atoms with Crippen molar-refractivity contribution in [1.29, 1.82) is 0 Å². The van der Waals surface area contributed by atoms with Gasteiger partial charge in [0, 0.05) is 6.07 Å². The summed E-state index contributed by atoms with van der Waals surface area (Å²) in [7, 11) is 0. The minimum Gasteiger partial charge on any atom is -0.877 e. The van der Waals surface area contributed by atoms with E-state index in [0.29, 0.717) is 18.6 Å². The zero-order valence-electron chi connectivity index (χ0n) is 15.9. The van der Waals surface area contributed by atoms with E-state index in [1.807, 2.05) is 30.3 Å². The van der Waals surface area contributed by atoms with Gasteiger partial charge in [0.2, 0.25) is 0 Å². The number of carbonyl (C=O) groups excluding carboxylic acids is 2. The van der Waals surface area contributed by atoms with Crippen molar-refractivity contribution < 1.29 is 53.7 Å². The number of benzene rings is 1. The maximum Gasteiger partial charge on any atom is 1.00 e. The second-order valence-corrected chi connectivity index (χ2v) is 4.77. The van der Waals surface area contributed by atoms with Gasteiger partial charge in [0.25, 0.3) is 0 Å². The van der Waals surface area contributed by atoms with Gasteiger partial charge >= 0.3 is 41.5 Å². The van der Waals surface area contributed by atoms with Crippen LogP contribution in [0, 0.1) is 6.57 Å². The van der Waals surface area contributed by atoms with E-state index in [1.54, 1.807) is 13.8 Å². The van der Waals surface area contributed by atoms with E-state index in [2.05, 4.69) is 14.7 Å². The van der Waals surface area contributed by atoms with Gasteiger partial charge in [0.1, 0.15) is 5.82 Å². The first-order valence-corrected chi connectivity index (χ1v) is 7.93. The zero-order chi connectivity index (χ0) is 20.2. The number of esters is 2. The number of rotatable bonds is 5. The molecule has 10 heteroatoms. The van der Waals surface area contributed by atoms with Crippen molar-refractivity contribution in [3.63, 3.8) is 0 Å². The van der Waals surface area contributed by atoms with Crippen LogP contribution in [0.1, 0.15) is 24.3 Å². The van der Waals surface area contributed by atoms with Crippen molar-refractivity contribution in [3.05, 3.63) is 65.5 Å². The van der Waals surface area contributed by atoms with Crippen LogP contribution in [0.5, 0.6) is 0 Å². The molecule has 0 saturated carbocycles. The number of nitrogens with two attached hydrogens (primary N) is 1. The fourth-order valence-corrected chi connectivity index (χ4v) is 1.79. The summed E-state index contributed by atoms with van der Waals surface area (Å²) >= 11 is 0. The predicted octanol–water partition coefficient (Wildman–Crippen LogP) is -1.69. The van der Waals surface area contributed by atoms with Crippen LogP contribution in [-0.2, 0) is 14.3 Å². The molecule has 9 nitrogen and oxygen atoms in total. The summed E-state index contributed by atoms with van der Waals surface area (Å²) in [5.74, 6) is -1.94. The average Bonchev–Trinajstić information content (AvgIpc) is 3.05. The minimum absolute atomic E-state index is 0. The van der Waals surface area contributed by atoms with Crippen molar-refractivity contribution in [3.8, 4) is 5.69 Å². The van der Waals surface area contributed by atoms with E-state index in [9.17, 15) is 14.7 Å². The van der Waals surface area contributed by atoms with E-state index >= 15 is 0 Å². The molecular weight excluding hydrogens is 375 g/mol. The van der Waals surface area contributed by atoms with Gasteiger partial charge in [-0.15, -0.1) is 0 Å². The molecule has 0 unspecified atom stereocenters. The van der Waals surface area contributed by atoms with Crippen molar-refractivity contribution >= 4 is 17.8 Å². The number of para-hydroxylation sites is 1. The van der Waals surface area contributed by atoms with Crippen LogP contribution < -0.4 is 40.4 Å². The van der Waals surface area contributed by atoms with E-state index in [4.69, 9.17) is 17.0 Å². The van der Waals surface area contributed by atoms with Gasteiger partial charge in [0.15, 0.2) is 11.9 Å². The van der Waals surface area contributed by atoms with Gasteiger partial charge < -0.3 is 20.3 Å². The van der Waals surface area contributed by atoms with Gasteiger partial charge in [-0.1, -0.05) is 18.2 Å². The fraction of sp³-hybridized carbons (Fsp3) is 0.222. The summed E-state index contributed by atoms with van der Waals surface area (Å²) in [6.07, 6.45) is 0.595. The summed E-state index contributed by atoms with van der Waals surface area (Å²) in [6.45, 7) is 10.00. The van der Waals surface area contributed by atoms with Crippen molar-refractivity contribution in [2.75, 3.05) is 18.9 Å². The summed E-state index contributed by atoms with van der Waals surface area (Å²) < 4.78 is 10.7. The summed E-state index contributed by atoms with van der Waals surface area (Å²) in [5, 5.41) is 14.5. The van der Waals surface area contributed by atoms with Gasteiger partial charge in [-0.3, -0.25) is 0 Å². The summed E-state index contributed by atoms with van der Waals surface area (Å²) in [5.41, 5.74) is 6.82. The Morgan fingerprint density at radius 1 is 1.25 bits per heavy atom. The van der Waals surface area contributed by atoms with Crippen LogP contribution in [0.4, 0.5) is 5.82 Å². The Morgan fingerprint density at radius 2 is 1.86 bits per heavy atom. The third kappa shape index (κ3) is 7.84.